The molecule has 2 aliphatic heterocycles. The zero-order chi connectivity index (χ0) is 33.6. The van der Waals surface area contributed by atoms with E-state index in [0.717, 1.165) is 5.56 Å². The average Bonchev–Trinajstić information content (AvgIpc) is 3.38. The number of hydrogen-bond acceptors (Lipinski definition) is 8. The third-order valence-electron chi connectivity index (χ3n) is 7.64. The van der Waals surface area contributed by atoms with Gasteiger partial charge in [-0.15, -0.1) is 0 Å². The molecular formula is C33H42FN5O7. The highest BCUT2D eigenvalue weighted by Gasteiger charge is 2.33. The van der Waals surface area contributed by atoms with Gasteiger partial charge in [0.05, 0.1) is 24.5 Å². The topological polar surface area (TPSA) is 129 Å². The molecule has 12 nitrogen and oxygen atoms in total. The molecule has 0 radical (unpaired) electrons. The number of anilines is 2. The number of nitrogens with one attached hydrogen (secondary N) is 1. The van der Waals surface area contributed by atoms with Crippen LogP contribution in [-0.2, 0) is 25.6 Å². The van der Waals surface area contributed by atoms with Crippen LogP contribution in [0.1, 0.15) is 56.5 Å². The van der Waals surface area contributed by atoms with Gasteiger partial charge in [-0.05, 0) is 44.5 Å². The van der Waals surface area contributed by atoms with Crippen LogP contribution in [0.25, 0.3) is 0 Å². The molecular weight excluding hydrogens is 597 g/mol. The number of piperazine rings is 1. The number of halogens is 1. The number of carbonyl (C=O) groups excluding carboxylic acids is 5. The Morgan fingerprint density at radius 3 is 2.30 bits per heavy atom. The highest BCUT2D eigenvalue weighted by Crippen LogP contribution is 2.28. The number of nitrogens with zero attached hydrogens (tertiary/aromatic N) is 4. The van der Waals surface area contributed by atoms with E-state index in [1.807, 2.05) is 4.90 Å². The van der Waals surface area contributed by atoms with Crippen LogP contribution in [0.15, 0.2) is 42.5 Å². The predicted octanol–water partition coefficient (Wildman–Crippen LogP) is 3.97. The number of hydrogen-bond donors (Lipinski definition) is 1. The van der Waals surface area contributed by atoms with Crippen LogP contribution in [0.3, 0.4) is 0 Å². The number of amides is 4. The Kier molecular flexibility index (Phi) is 10.9. The van der Waals surface area contributed by atoms with Crippen molar-refractivity contribution in [3.05, 3.63) is 59.4 Å². The second kappa shape index (κ2) is 14.6. The van der Waals surface area contributed by atoms with E-state index in [1.54, 1.807) is 69.1 Å². The largest absolute Gasteiger partial charge is 0.444 e. The summed E-state index contributed by atoms with van der Waals surface area (Å²) in [6.45, 7) is 9.09. The SMILES string of the molecule is CC(=O)NC[C@H]1CN(c2ccc(N3CCN(C(=O)CCC(=O)c4ccc(CN(C)C(=O)OC(C)(C)C)cc4)CC3)c(F)c2)C(=O)O1. The molecule has 2 saturated heterocycles. The highest BCUT2D eigenvalue weighted by molar-refractivity contribution is 5.98. The van der Waals surface area contributed by atoms with Gasteiger partial charge in [-0.1, -0.05) is 24.3 Å². The fraction of sp³-hybridized carbons (Fsp3) is 0.485. The normalized spacial score (nSPS) is 16.6. The molecule has 0 saturated carbocycles. The van der Waals surface area contributed by atoms with Crippen molar-refractivity contribution >= 4 is 41.2 Å². The summed E-state index contributed by atoms with van der Waals surface area (Å²) in [5.74, 6) is -1.01. The minimum atomic E-state index is -0.603. The monoisotopic (exact) mass is 639 g/mol. The summed E-state index contributed by atoms with van der Waals surface area (Å²) in [4.78, 5) is 67.6. The van der Waals surface area contributed by atoms with E-state index in [4.69, 9.17) is 9.47 Å². The van der Waals surface area contributed by atoms with Gasteiger partial charge >= 0.3 is 12.2 Å². The molecule has 4 amide bonds. The molecule has 1 atom stereocenters. The lowest BCUT2D eigenvalue weighted by molar-refractivity contribution is -0.131. The molecule has 2 fully saturated rings. The summed E-state index contributed by atoms with van der Waals surface area (Å²) in [5, 5.41) is 2.61. The van der Waals surface area contributed by atoms with E-state index in [-0.39, 0.29) is 43.5 Å². The molecule has 0 bridgehead atoms. The van der Waals surface area contributed by atoms with Crippen molar-refractivity contribution in [3.8, 4) is 0 Å². The lowest BCUT2D eigenvalue weighted by Crippen LogP contribution is -2.49. The van der Waals surface area contributed by atoms with E-state index < -0.39 is 29.7 Å². The van der Waals surface area contributed by atoms with E-state index in [1.165, 1.54) is 22.8 Å². The Balaban J connectivity index is 1.22. The zero-order valence-electron chi connectivity index (χ0n) is 27.0. The minimum Gasteiger partial charge on any atom is -0.444 e. The molecule has 2 aliphatic rings. The number of Topliss-reactive ketones (excluding diaryl/α,β-unsaturated/α-hetero) is 1. The van der Waals surface area contributed by atoms with Crippen molar-refractivity contribution in [1.82, 2.24) is 15.1 Å². The maximum Gasteiger partial charge on any atom is 0.414 e. The Morgan fingerprint density at radius 1 is 1.02 bits per heavy atom. The maximum absolute atomic E-state index is 15.2. The third kappa shape index (κ3) is 9.18. The van der Waals surface area contributed by atoms with Crippen LogP contribution in [-0.4, -0.2) is 97.6 Å². The molecule has 0 aliphatic carbocycles. The molecule has 46 heavy (non-hydrogen) atoms. The van der Waals surface area contributed by atoms with Crippen LogP contribution in [0.2, 0.25) is 0 Å². The third-order valence-corrected chi connectivity index (χ3v) is 7.64. The van der Waals surface area contributed by atoms with Gasteiger partial charge in [0.2, 0.25) is 11.8 Å². The average molecular weight is 640 g/mol. The molecule has 2 heterocycles. The summed E-state index contributed by atoms with van der Waals surface area (Å²) in [5.41, 5.74) is 1.47. The van der Waals surface area contributed by atoms with Crippen molar-refractivity contribution in [2.45, 2.75) is 58.8 Å². The van der Waals surface area contributed by atoms with Crippen LogP contribution in [0.5, 0.6) is 0 Å². The summed E-state index contributed by atoms with van der Waals surface area (Å²) in [6.07, 6.45) is -1.43. The van der Waals surface area contributed by atoms with Gasteiger partial charge in [0.15, 0.2) is 5.78 Å². The quantitative estimate of drug-likeness (QED) is 0.387. The fourth-order valence-electron chi connectivity index (χ4n) is 5.21. The van der Waals surface area contributed by atoms with Gasteiger partial charge in [0.25, 0.3) is 0 Å². The van der Waals surface area contributed by atoms with Crippen molar-refractivity contribution < 1.29 is 37.8 Å². The number of rotatable bonds is 10. The number of ether oxygens (including phenoxy) is 2. The van der Waals surface area contributed by atoms with Crippen LogP contribution in [0.4, 0.5) is 25.4 Å². The zero-order valence-corrected chi connectivity index (χ0v) is 27.0. The van der Waals surface area contributed by atoms with Crippen molar-refractivity contribution in [2.24, 2.45) is 0 Å². The Hall–Kier alpha value is -4.68. The molecule has 0 unspecified atom stereocenters. The number of cyclic esters (lactones) is 1. The first-order valence-corrected chi connectivity index (χ1v) is 15.3. The molecule has 2 aromatic carbocycles. The molecule has 0 aromatic heterocycles. The Morgan fingerprint density at radius 2 is 1.70 bits per heavy atom. The predicted molar refractivity (Wildman–Crippen MR) is 169 cm³/mol. The summed E-state index contributed by atoms with van der Waals surface area (Å²) in [6, 6.07) is 11.5. The number of carbonyl (C=O) groups is 5. The first-order chi connectivity index (χ1) is 21.7. The first kappa shape index (κ1) is 34.2. The molecule has 13 heteroatoms. The van der Waals surface area contributed by atoms with Crippen LogP contribution >= 0.6 is 0 Å². The van der Waals surface area contributed by atoms with E-state index >= 15 is 4.39 Å². The second-order valence-corrected chi connectivity index (χ2v) is 12.5. The lowest BCUT2D eigenvalue weighted by Gasteiger charge is -2.36. The number of ketones is 1. The second-order valence-electron chi connectivity index (χ2n) is 12.5. The fourth-order valence-corrected chi connectivity index (χ4v) is 5.21. The summed E-state index contributed by atoms with van der Waals surface area (Å²) < 4.78 is 25.8. The Labute approximate surface area is 268 Å². The van der Waals surface area contributed by atoms with Gasteiger partial charge in [-0.25, -0.2) is 14.0 Å². The summed E-state index contributed by atoms with van der Waals surface area (Å²) >= 11 is 0. The van der Waals surface area contributed by atoms with Crippen molar-refractivity contribution in [3.63, 3.8) is 0 Å². The van der Waals surface area contributed by atoms with Gasteiger partial charge in [-0.2, -0.15) is 0 Å². The maximum atomic E-state index is 15.2. The van der Waals surface area contributed by atoms with Gasteiger partial charge in [-0.3, -0.25) is 19.3 Å². The van der Waals surface area contributed by atoms with Gasteiger partial charge in [0.1, 0.15) is 17.5 Å². The standard InChI is InChI=1S/C33H42FN5O7/c1-22(40)35-19-26-21-39(32(44)45-26)25-10-11-28(27(34)18-25)37-14-16-38(17-15-37)30(42)13-12-29(41)24-8-6-23(7-9-24)20-36(5)31(43)46-33(2,3)4/h6-11,18,26H,12-17,19-21H2,1-5H3,(H,35,40)/t26-/m0/s1. The van der Waals surface area contributed by atoms with Crippen molar-refractivity contribution in [1.29, 1.82) is 0 Å². The van der Waals surface area contributed by atoms with Crippen LogP contribution in [0, 0.1) is 5.82 Å². The molecule has 1 N–H and O–H groups in total. The van der Waals surface area contributed by atoms with E-state index in [2.05, 4.69) is 5.32 Å². The Bertz CT molecular complexity index is 1450. The van der Waals surface area contributed by atoms with Gasteiger partial charge < -0.3 is 29.5 Å². The molecule has 248 valence electrons. The van der Waals surface area contributed by atoms with Crippen LogP contribution < -0.4 is 15.1 Å². The molecule has 2 aromatic rings. The van der Waals surface area contributed by atoms with E-state index in [9.17, 15) is 24.0 Å². The lowest BCUT2D eigenvalue weighted by atomic mass is 10.0. The first-order valence-electron chi connectivity index (χ1n) is 15.3. The van der Waals surface area contributed by atoms with Gasteiger partial charge in [0, 0.05) is 65.1 Å². The molecule has 0 spiro atoms. The number of benzene rings is 2. The summed E-state index contributed by atoms with van der Waals surface area (Å²) in [7, 11) is 1.65. The molecule has 4 rings (SSSR count). The van der Waals surface area contributed by atoms with E-state index in [0.29, 0.717) is 49.7 Å². The highest BCUT2D eigenvalue weighted by atomic mass is 19.1. The minimum absolute atomic E-state index is 0.0664. The van der Waals surface area contributed by atoms with Crippen molar-refractivity contribution in [2.75, 3.05) is 56.1 Å². The smallest absolute Gasteiger partial charge is 0.414 e.